The summed E-state index contributed by atoms with van der Waals surface area (Å²) in [6.07, 6.45) is 0.568. The molecule has 0 fully saturated rings. The maximum Gasteiger partial charge on any atom is 0.142 e. The highest BCUT2D eigenvalue weighted by molar-refractivity contribution is 7.97. The normalized spacial score (nSPS) is 14.5. The zero-order valence-corrected chi connectivity index (χ0v) is 24.9. The van der Waals surface area contributed by atoms with Crippen LogP contribution < -0.4 is 19.5 Å². The average Bonchev–Trinajstić information content (AvgIpc) is 3.20. The molecule has 0 amide bonds. The van der Waals surface area contributed by atoms with Crippen molar-refractivity contribution in [3.63, 3.8) is 0 Å². The number of ether oxygens (including phenoxy) is 3. The number of fused-ring (bicyclic) bond motifs is 1. The van der Waals surface area contributed by atoms with Crippen molar-refractivity contribution in [3.05, 3.63) is 112 Å². The van der Waals surface area contributed by atoms with Crippen LogP contribution in [0.4, 0.5) is 5.69 Å². The van der Waals surface area contributed by atoms with E-state index in [1.807, 2.05) is 42.5 Å². The molecular weight excluding hydrogens is 556 g/mol. The summed E-state index contributed by atoms with van der Waals surface area (Å²) in [5.74, 6) is 2.67. The standard InChI is InChI=1S/C33H35ClN2O4S/c1-38-28-8-3-23(4-9-28)20-36(21-24-5-10-29(39-2)11-6-24)41-30-12-14-33-32(18-30)35-19-26(22-40-33)31-13-7-27(34)17-25(31)15-16-37/h3-14,17-18,26,35,37H,15-16,19-22H2,1-2H3. The van der Waals surface area contributed by atoms with Crippen molar-refractivity contribution in [1.82, 2.24) is 4.31 Å². The van der Waals surface area contributed by atoms with Gasteiger partial charge in [0.15, 0.2) is 0 Å². The van der Waals surface area contributed by atoms with E-state index < -0.39 is 0 Å². The van der Waals surface area contributed by atoms with Crippen LogP contribution in [0.2, 0.25) is 5.02 Å². The van der Waals surface area contributed by atoms with Crippen LogP contribution in [0.3, 0.4) is 0 Å². The van der Waals surface area contributed by atoms with Gasteiger partial charge in [0, 0.05) is 42.1 Å². The van der Waals surface area contributed by atoms with Crippen LogP contribution in [0.15, 0.2) is 89.8 Å². The maximum atomic E-state index is 9.56. The van der Waals surface area contributed by atoms with Gasteiger partial charge >= 0.3 is 0 Å². The van der Waals surface area contributed by atoms with Gasteiger partial charge in [-0.15, -0.1) is 0 Å². The molecule has 0 radical (unpaired) electrons. The molecule has 6 nitrogen and oxygen atoms in total. The minimum atomic E-state index is 0.0821. The topological polar surface area (TPSA) is 63.2 Å². The Morgan fingerprint density at radius 1 is 0.902 bits per heavy atom. The first kappa shape index (κ1) is 29.1. The van der Waals surface area contributed by atoms with Gasteiger partial charge in [0.05, 0.1) is 26.5 Å². The van der Waals surface area contributed by atoms with Crippen molar-refractivity contribution in [2.24, 2.45) is 0 Å². The summed E-state index contributed by atoms with van der Waals surface area (Å²) in [6, 6.07) is 28.6. The van der Waals surface area contributed by atoms with Gasteiger partial charge < -0.3 is 24.6 Å². The first-order chi connectivity index (χ1) is 20.0. The lowest BCUT2D eigenvalue weighted by molar-refractivity contribution is 0.292. The van der Waals surface area contributed by atoms with Crippen molar-refractivity contribution in [2.45, 2.75) is 30.3 Å². The molecule has 1 atom stereocenters. The Morgan fingerprint density at radius 3 is 2.17 bits per heavy atom. The molecule has 0 aliphatic carbocycles. The number of aliphatic hydroxyl groups is 1. The molecule has 0 spiro atoms. The molecule has 0 bridgehead atoms. The van der Waals surface area contributed by atoms with Crippen LogP contribution in [0, 0.1) is 0 Å². The molecule has 2 N–H and O–H groups in total. The number of nitrogens with zero attached hydrogens (tertiary/aromatic N) is 1. The highest BCUT2D eigenvalue weighted by Crippen LogP contribution is 2.37. The number of benzene rings is 4. The smallest absolute Gasteiger partial charge is 0.142 e. The number of hydrogen-bond donors (Lipinski definition) is 2. The zero-order chi connectivity index (χ0) is 28.6. The van der Waals surface area contributed by atoms with Crippen LogP contribution in [0.5, 0.6) is 17.2 Å². The Kier molecular flexibility index (Phi) is 9.96. The van der Waals surface area contributed by atoms with E-state index in [0.29, 0.717) is 18.1 Å². The number of hydrogen-bond acceptors (Lipinski definition) is 7. The molecule has 4 aromatic rings. The fraction of sp³-hybridized carbons (Fsp3) is 0.273. The second-order valence-electron chi connectivity index (χ2n) is 9.95. The third-order valence-corrected chi connectivity index (χ3v) is 8.34. The predicted molar refractivity (Wildman–Crippen MR) is 167 cm³/mol. The first-order valence-corrected chi connectivity index (χ1v) is 14.8. The van der Waals surface area contributed by atoms with Crippen LogP contribution in [0.25, 0.3) is 0 Å². The second-order valence-corrected chi connectivity index (χ2v) is 11.6. The number of nitrogens with one attached hydrogen (secondary N) is 1. The van der Waals surface area contributed by atoms with Crippen molar-refractivity contribution in [3.8, 4) is 17.2 Å². The number of halogens is 1. The molecule has 0 saturated carbocycles. The first-order valence-electron chi connectivity index (χ1n) is 13.6. The lowest BCUT2D eigenvalue weighted by atomic mass is 9.93. The fourth-order valence-electron chi connectivity index (χ4n) is 4.96. The summed E-state index contributed by atoms with van der Waals surface area (Å²) in [6.45, 7) is 2.87. The SMILES string of the molecule is COc1ccc(CN(Cc2ccc(OC)cc2)Sc2ccc3c(c2)NCC(c2ccc(Cl)cc2CCO)CO3)cc1. The van der Waals surface area contributed by atoms with E-state index in [-0.39, 0.29) is 12.5 Å². The fourth-order valence-corrected chi connectivity index (χ4v) is 6.18. The maximum absolute atomic E-state index is 9.56. The summed E-state index contributed by atoms with van der Waals surface area (Å²) in [4.78, 5) is 1.12. The van der Waals surface area contributed by atoms with Gasteiger partial charge in [-0.2, -0.15) is 0 Å². The third-order valence-electron chi connectivity index (χ3n) is 7.13. The quantitative estimate of drug-likeness (QED) is 0.179. The largest absolute Gasteiger partial charge is 0.497 e. The Labute approximate surface area is 251 Å². The second kappa shape index (κ2) is 14.0. The van der Waals surface area contributed by atoms with Gasteiger partial charge in [-0.3, -0.25) is 0 Å². The van der Waals surface area contributed by atoms with E-state index in [2.05, 4.69) is 52.1 Å². The van der Waals surface area contributed by atoms with E-state index in [1.54, 1.807) is 26.2 Å². The molecule has 0 aromatic heterocycles. The van der Waals surface area contributed by atoms with Crippen molar-refractivity contribution in [2.75, 3.05) is 39.3 Å². The van der Waals surface area contributed by atoms with Crippen molar-refractivity contribution < 1.29 is 19.3 Å². The number of methoxy groups -OCH3 is 2. The molecule has 214 valence electrons. The van der Waals surface area contributed by atoms with E-state index in [4.69, 9.17) is 25.8 Å². The lowest BCUT2D eigenvalue weighted by Crippen LogP contribution is -2.18. The summed E-state index contributed by atoms with van der Waals surface area (Å²) in [7, 11) is 3.37. The minimum Gasteiger partial charge on any atom is -0.497 e. The summed E-state index contributed by atoms with van der Waals surface area (Å²) in [5, 5.41) is 13.9. The molecule has 8 heteroatoms. The van der Waals surface area contributed by atoms with Gasteiger partial charge in [-0.25, -0.2) is 4.31 Å². The summed E-state index contributed by atoms with van der Waals surface area (Å²) < 4.78 is 19.3. The molecule has 5 rings (SSSR count). The molecular formula is C33H35ClN2O4S. The van der Waals surface area contributed by atoms with E-state index >= 15 is 0 Å². The van der Waals surface area contributed by atoms with Gasteiger partial charge in [0.1, 0.15) is 17.2 Å². The van der Waals surface area contributed by atoms with Gasteiger partial charge in [-0.1, -0.05) is 41.9 Å². The van der Waals surface area contributed by atoms with E-state index in [9.17, 15) is 5.11 Å². The average molecular weight is 591 g/mol. The van der Waals surface area contributed by atoms with E-state index in [1.165, 1.54) is 11.1 Å². The minimum absolute atomic E-state index is 0.0821. The molecule has 1 aliphatic heterocycles. The Balaban J connectivity index is 1.33. The summed E-state index contributed by atoms with van der Waals surface area (Å²) >= 11 is 7.96. The Morgan fingerprint density at radius 2 is 1.56 bits per heavy atom. The molecule has 1 heterocycles. The van der Waals surface area contributed by atoms with Crippen LogP contribution >= 0.6 is 23.5 Å². The predicted octanol–water partition coefficient (Wildman–Crippen LogP) is 7.19. The van der Waals surface area contributed by atoms with Crippen LogP contribution in [-0.2, 0) is 19.5 Å². The lowest BCUT2D eigenvalue weighted by Gasteiger charge is -2.22. The van der Waals surface area contributed by atoms with Crippen LogP contribution in [0.1, 0.15) is 28.2 Å². The molecule has 1 aliphatic rings. The van der Waals surface area contributed by atoms with Gasteiger partial charge in [0.2, 0.25) is 0 Å². The van der Waals surface area contributed by atoms with Crippen LogP contribution in [-0.4, -0.2) is 43.4 Å². The van der Waals surface area contributed by atoms with Crippen molar-refractivity contribution >= 4 is 29.2 Å². The van der Waals surface area contributed by atoms with E-state index in [0.717, 1.165) is 58.6 Å². The van der Waals surface area contributed by atoms with Gasteiger partial charge in [-0.05, 0) is 95.2 Å². The number of anilines is 1. The highest BCUT2D eigenvalue weighted by atomic mass is 35.5. The third kappa shape index (κ3) is 7.68. The molecule has 4 aromatic carbocycles. The van der Waals surface area contributed by atoms with Gasteiger partial charge in [0.25, 0.3) is 0 Å². The highest BCUT2D eigenvalue weighted by Gasteiger charge is 2.22. The zero-order valence-electron chi connectivity index (χ0n) is 23.3. The Hall–Kier alpha value is -3.36. The Bertz CT molecular complexity index is 1380. The molecule has 41 heavy (non-hydrogen) atoms. The number of aliphatic hydroxyl groups excluding tert-OH is 1. The molecule has 1 unspecified atom stereocenters. The number of rotatable bonds is 11. The summed E-state index contributed by atoms with van der Waals surface area (Å²) in [5.41, 5.74) is 5.60. The monoisotopic (exact) mass is 590 g/mol. The molecule has 0 saturated heterocycles. The van der Waals surface area contributed by atoms with Crippen molar-refractivity contribution in [1.29, 1.82) is 0 Å².